The highest BCUT2D eigenvalue weighted by molar-refractivity contribution is 7.25. The van der Waals surface area contributed by atoms with Crippen molar-refractivity contribution in [2.75, 3.05) is 4.90 Å². The summed E-state index contributed by atoms with van der Waals surface area (Å²) in [5, 5.41) is 3.79. The van der Waals surface area contributed by atoms with Crippen LogP contribution >= 0.6 is 11.3 Å². The zero-order valence-corrected chi connectivity index (χ0v) is 28.7. The van der Waals surface area contributed by atoms with Gasteiger partial charge >= 0.3 is 0 Å². The van der Waals surface area contributed by atoms with Gasteiger partial charge in [0, 0.05) is 59.2 Å². The lowest BCUT2D eigenvalue weighted by Crippen LogP contribution is -2.14. The fraction of sp³-hybridized carbons (Fsp3) is 0.0638. The molecule has 0 saturated carbocycles. The molecule has 7 aromatic carbocycles. The third-order valence-electron chi connectivity index (χ3n) is 10.5. The molecule has 0 radical (unpaired) electrons. The smallest absolute Gasteiger partial charge is 0.140 e. The summed E-state index contributed by atoms with van der Waals surface area (Å²) in [4.78, 5) is 2.38. The number of para-hydroxylation sites is 1. The Bertz CT molecular complexity index is 2710. The molecule has 50 heavy (non-hydrogen) atoms. The van der Waals surface area contributed by atoms with Crippen LogP contribution < -0.4 is 4.90 Å². The van der Waals surface area contributed by atoms with Crippen molar-refractivity contribution in [1.82, 2.24) is 0 Å². The van der Waals surface area contributed by atoms with Crippen LogP contribution in [-0.4, -0.2) is 0 Å². The van der Waals surface area contributed by atoms with Gasteiger partial charge < -0.3 is 9.32 Å². The second-order valence-corrected chi connectivity index (χ2v) is 14.8. The lowest BCUT2D eigenvalue weighted by Gasteiger charge is -2.26. The number of nitrogens with zero attached hydrogens (tertiary/aromatic N) is 1. The lowest BCUT2D eigenvalue weighted by molar-refractivity contribution is 0.619. The van der Waals surface area contributed by atoms with Crippen LogP contribution in [0.15, 0.2) is 168 Å². The molecule has 2 nitrogen and oxygen atoms in total. The monoisotopic (exact) mass is 659 g/mol. The third kappa shape index (κ3) is 4.40. The summed E-state index contributed by atoms with van der Waals surface area (Å²) in [5.74, 6) is 1.00. The zero-order valence-electron chi connectivity index (χ0n) is 27.9. The van der Waals surface area contributed by atoms with E-state index in [4.69, 9.17) is 4.42 Å². The first kappa shape index (κ1) is 29.1. The second kappa shape index (κ2) is 11.1. The number of benzene rings is 7. The van der Waals surface area contributed by atoms with Crippen molar-refractivity contribution in [3.63, 3.8) is 0 Å². The molecular formula is C47H33NOS. The number of thiophene rings is 1. The van der Waals surface area contributed by atoms with Gasteiger partial charge in [0.15, 0.2) is 0 Å². The Morgan fingerprint density at radius 2 is 1.12 bits per heavy atom. The quantitative estimate of drug-likeness (QED) is 0.183. The van der Waals surface area contributed by atoms with Crippen LogP contribution in [0.2, 0.25) is 0 Å². The van der Waals surface area contributed by atoms with Gasteiger partial charge in [-0.05, 0) is 82.4 Å². The Labute approximate surface area is 295 Å². The Morgan fingerprint density at radius 1 is 0.500 bits per heavy atom. The summed E-state index contributed by atoms with van der Waals surface area (Å²) in [6.07, 6.45) is 0. The number of rotatable bonds is 5. The number of hydrogen-bond donors (Lipinski definition) is 0. The first-order valence-electron chi connectivity index (χ1n) is 17.2. The Balaban J connectivity index is 1.10. The van der Waals surface area contributed by atoms with Crippen LogP contribution in [0.3, 0.4) is 0 Å². The van der Waals surface area contributed by atoms with Crippen LogP contribution in [0.1, 0.15) is 25.0 Å². The van der Waals surface area contributed by atoms with Crippen LogP contribution in [-0.2, 0) is 5.41 Å². The number of furan rings is 1. The minimum absolute atomic E-state index is 0.152. The maximum atomic E-state index is 6.61. The average Bonchev–Trinajstić information content (AvgIpc) is 3.81. The lowest BCUT2D eigenvalue weighted by atomic mass is 9.81. The first-order chi connectivity index (χ1) is 24.5. The molecule has 0 bridgehead atoms. The van der Waals surface area contributed by atoms with E-state index in [1.54, 1.807) is 0 Å². The van der Waals surface area contributed by atoms with Gasteiger partial charge in [-0.15, -0.1) is 11.3 Å². The molecule has 9 aromatic rings. The van der Waals surface area contributed by atoms with Crippen molar-refractivity contribution in [3.05, 3.63) is 175 Å². The van der Waals surface area contributed by atoms with E-state index in [1.165, 1.54) is 64.5 Å². The third-order valence-corrected chi connectivity index (χ3v) is 11.6. The van der Waals surface area contributed by atoms with E-state index in [9.17, 15) is 0 Å². The van der Waals surface area contributed by atoms with E-state index in [1.807, 2.05) is 11.3 Å². The molecule has 2 heterocycles. The van der Waals surface area contributed by atoms with Crippen LogP contribution in [0.5, 0.6) is 0 Å². The van der Waals surface area contributed by atoms with E-state index < -0.39 is 0 Å². The van der Waals surface area contributed by atoms with Gasteiger partial charge in [-0.1, -0.05) is 123 Å². The van der Waals surface area contributed by atoms with Gasteiger partial charge in [-0.3, -0.25) is 0 Å². The maximum absolute atomic E-state index is 6.61. The number of hydrogen-bond acceptors (Lipinski definition) is 3. The summed E-state index contributed by atoms with van der Waals surface area (Å²) in [5.41, 5.74) is 12.8. The molecule has 0 aliphatic heterocycles. The fourth-order valence-electron chi connectivity index (χ4n) is 8.06. The van der Waals surface area contributed by atoms with Gasteiger partial charge in [0.1, 0.15) is 11.3 Å². The molecule has 10 rings (SSSR count). The van der Waals surface area contributed by atoms with Gasteiger partial charge in [0.2, 0.25) is 0 Å². The fourth-order valence-corrected chi connectivity index (χ4v) is 9.15. The van der Waals surface area contributed by atoms with Crippen LogP contribution in [0, 0.1) is 0 Å². The molecule has 0 saturated heterocycles. The van der Waals surface area contributed by atoms with E-state index >= 15 is 0 Å². The number of fused-ring (bicyclic) bond motifs is 8. The predicted octanol–water partition coefficient (Wildman–Crippen LogP) is 13.9. The highest BCUT2D eigenvalue weighted by Gasteiger charge is 2.41. The maximum Gasteiger partial charge on any atom is 0.140 e. The van der Waals surface area contributed by atoms with E-state index in [-0.39, 0.29) is 5.41 Å². The SMILES string of the molecule is CC1(C)c2cccc(-c3ccc(N(c4ccc(-c5ccccc5)cc4)c4ccc5sc6ccccc6c5c4)cc3)c2-c2oc3ccccc3c21. The largest absolute Gasteiger partial charge is 0.456 e. The summed E-state index contributed by atoms with van der Waals surface area (Å²) in [7, 11) is 0. The Morgan fingerprint density at radius 3 is 1.90 bits per heavy atom. The van der Waals surface area contributed by atoms with Crippen molar-refractivity contribution < 1.29 is 4.42 Å². The molecular weight excluding hydrogens is 627 g/mol. The summed E-state index contributed by atoms with van der Waals surface area (Å²) < 4.78 is 9.22. The van der Waals surface area contributed by atoms with E-state index in [0.29, 0.717) is 0 Å². The Hall–Kier alpha value is -5.90. The molecule has 0 spiro atoms. The molecule has 0 amide bonds. The molecule has 2 aromatic heterocycles. The van der Waals surface area contributed by atoms with Crippen molar-refractivity contribution >= 4 is 59.5 Å². The van der Waals surface area contributed by atoms with Crippen LogP contribution in [0.4, 0.5) is 17.1 Å². The molecule has 1 aliphatic carbocycles. The van der Waals surface area contributed by atoms with E-state index in [2.05, 4.69) is 183 Å². The van der Waals surface area contributed by atoms with Crippen LogP contribution in [0.25, 0.3) is 64.7 Å². The second-order valence-electron chi connectivity index (χ2n) is 13.7. The molecule has 0 unspecified atom stereocenters. The van der Waals surface area contributed by atoms with Gasteiger partial charge in [0.25, 0.3) is 0 Å². The molecule has 238 valence electrons. The molecule has 1 aliphatic rings. The summed E-state index contributed by atoms with van der Waals surface area (Å²) in [6.45, 7) is 4.64. The zero-order chi connectivity index (χ0) is 33.4. The first-order valence-corrected chi connectivity index (χ1v) is 18.0. The van der Waals surface area contributed by atoms with Crippen molar-refractivity contribution in [2.24, 2.45) is 0 Å². The van der Waals surface area contributed by atoms with Crippen molar-refractivity contribution in [1.29, 1.82) is 0 Å². The highest BCUT2D eigenvalue weighted by atomic mass is 32.1. The standard InChI is InChI=1S/C47H33NOS/c1-47(2)40-16-10-15-36(44(40)46-45(47)38-14-6-8-17-41(38)49-46)32-21-25-34(26-22-32)48(33-23-19-31(20-24-33)30-11-4-3-5-12-30)35-27-28-43-39(29-35)37-13-7-9-18-42(37)50-43/h3-29H,1-2H3. The predicted molar refractivity (Wildman–Crippen MR) is 212 cm³/mol. The highest BCUT2D eigenvalue weighted by Crippen LogP contribution is 2.55. The minimum atomic E-state index is -0.152. The van der Waals surface area contributed by atoms with Crippen molar-refractivity contribution in [3.8, 4) is 33.6 Å². The normalized spacial score (nSPS) is 13.2. The molecule has 0 N–H and O–H groups in total. The minimum Gasteiger partial charge on any atom is -0.456 e. The number of anilines is 3. The van der Waals surface area contributed by atoms with Gasteiger partial charge in [-0.2, -0.15) is 0 Å². The van der Waals surface area contributed by atoms with E-state index in [0.717, 1.165) is 28.4 Å². The molecule has 3 heteroatoms. The molecule has 0 atom stereocenters. The molecule has 0 fully saturated rings. The average molecular weight is 660 g/mol. The summed E-state index contributed by atoms with van der Waals surface area (Å²) >= 11 is 1.85. The Kier molecular flexibility index (Phi) is 6.43. The van der Waals surface area contributed by atoms with Crippen molar-refractivity contribution in [2.45, 2.75) is 19.3 Å². The topological polar surface area (TPSA) is 16.4 Å². The summed E-state index contributed by atoms with van der Waals surface area (Å²) in [6, 6.07) is 59.3. The van der Waals surface area contributed by atoms with Gasteiger partial charge in [-0.25, -0.2) is 0 Å². The van der Waals surface area contributed by atoms with Gasteiger partial charge in [0.05, 0.1) is 0 Å².